The van der Waals surface area contributed by atoms with E-state index in [1.165, 1.54) is 29.2 Å². The zero-order chi connectivity index (χ0) is 23.3. The maximum absolute atomic E-state index is 13.2. The number of carbonyl (C=O) groups excluding carboxylic acids is 4. The summed E-state index contributed by atoms with van der Waals surface area (Å²) in [5.41, 5.74) is 0.830. The Balaban J connectivity index is 1.76. The number of hydrogen-bond acceptors (Lipinski definition) is 5. The summed E-state index contributed by atoms with van der Waals surface area (Å²) in [7, 11) is 0. The third kappa shape index (κ3) is 4.83. The summed E-state index contributed by atoms with van der Waals surface area (Å²) in [6, 6.07) is 9.45. The van der Waals surface area contributed by atoms with Crippen LogP contribution in [0, 0.1) is 5.82 Å². The lowest BCUT2D eigenvalue weighted by Crippen LogP contribution is -2.38. The molecule has 0 aliphatic carbocycles. The molecule has 1 heterocycles. The molecule has 1 atom stereocenters. The summed E-state index contributed by atoms with van der Waals surface area (Å²) in [4.78, 5) is 52.5. The molecule has 32 heavy (non-hydrogen) atoms. The van der Waals surface area contributed by atoms with Crippen molar-refractivity contribution in [3.8, 4) is 0 Å². The summed E-state index contributed by atoms with van der Waals surface area (Å²) in [5, 5.41) is 2.64. The average Bonchev–Trinajstić information content (AvgIpc) is 2.99. The van der Waals surface area contributed by atoms with Gasteiger partial charge in [0.05, 0.1) is 24.3 Å². The lowest BCUT2D eigenvalue weighted by molar-refractivity contribution is -0.124. The third-order valence-electron chi connectivity index (χ3n) is 4.77. The zero-order valence-electron chi connectivity index (χ0n) is 17.4. The van der Waals surface area contributed by atoms with Crippen LogP contribution in [0.25, 0.3) is 0 Å². The van der Waals surface area contributed by atoms with Crippen LogP contribution in [0.5, 0.6) is 0 Å². The van der Waals surface area contributed by atoms with E-state index in [2.05, 4.69) is 11.9 Å². The first-order valence-corrected chi connectivity index (χ1v) is 9.93. The molecule has 0 spiro atoms. The van der Waals surface area contributed by atoms with Gasteiger partial charge in [-0.25, -0.2) is 18.9 Å². The largest absolute Gasteiger partial charge is 0.462 e. The number of imide groups is 1. The average molecular weight is 439 g/mol. The van der Waals surface area contributed by atoms with Crippen molar-refractivity contribution in [3.63, 3.8) is 0 Å². The molecule has 0 saturated carbocycles. The van der Waals surface area contributed by atoms with Gasteiger partial charge < -0.3 is 15.0 Å². The van der Waals surface area contributed by atoms with Crippen LogP contribution >= 0.6 is 0 Å². The number of ether oxygens (including phenoxy) is 1. The number of amides is 4. The highest BCUT2D eigenvalue weighted by molar-refractivity contribution is 6.22. The van der Waals surface area contributed by atoms with Crippen LogP contribution in [-0.2, 0) is 14.3 Å². The Morgan fingerprint density at radius 1 is 1.19 bits per heavy atom. The van der Waals surface area contributed by atoms with Gasteiger partial charge in [0.2, 0.25) is 5.91 Å². The lowest BCUT2D eigenvalue weighted by Gasteiger charge is -2.19. The highest BCUT2D eigenvalue weighted by atomic mass is 19.1. The topological polar surface area (TPSA) is 96.0 Å². The molecule has 4 amide bonds. The number of urea groups is 1. The molecule has 2 aromatic rings. The van der Waals surface area contributed by atoms with Crippen LogP contribution in [0.4, 0.5) is 20.6 Å². The van der Waals surface area contributed by atoms with Gasteiger partial charge in [-0.3, -0.25) is 9.59 Å². The van der Waals surface area contributed by atoms with Crippen LogP contribution in [-0.4, -0.2) is 47.9 Å². The Bertz CT molecular complexity index is 1050. The first kappa shape index (κ1) is 22.7. The number of nitrogens with one attached hydrogen (secondary N) is 1. The molecule has 1 aliphatic heterocycles. The summed E-state index contributed by atoms with van der Waals surface area (Å²) in [5.74, 6) is -2.14. The second kappa shape index (κ2) is 9.86. The van der Waals surface area contributed by atoms with Crippen LogP contribution in [0.3, 0.4) is 0 Å². The molecule has 0 bridgehead atoms. The molecule has 2 aromatic carbocycles. The zero-order valence-corrected chi connectivity index (χ0v) is 17.4. The van der Waals surface area contributed by atoms with Gasteiger partial charge in [-0.15, -0.1) is 6.58 Å². The Kier molecular flexibility index (Phi) is 6.99. The van der Waals surface area contributed by atoms with Gasteiger partial charge in [-0.2, -0.15) is 0 Å². The molecular formula is C23H22FN3O5. The van der Waals surface area contributed by atoms with E-state index in [0.29, 0.717) is 5.69 Å². The summed E-state index contributed by atoms with van der Waals surface area (Å²) in [6.07, 6.45) is 1.15. The number of carbonyl (C=O) groups is 4. The molecule has 8 nitrogen and oxygen atoms in total. The van der Waals surface area contributed by atoms with E-state index in [4.69, 9.17) is 4.74 Å². The first-order valence-electron chi connectivity index (χ1n) is 9.93. The molecule has 0 aromatic heterocycles. The molecular weight excluding hydrogens is 417 g/mol. The van der Waals surface area contributed by atoms with Gasteiger partial charge in [0.1, 0.15) is 11.9 Å². The van der Waals surface area contributed by atoms with Crippen molar-refractivity contribution in [2.24, 2.45) is 0 Å². The van der Waals surface area contributed by atoms with Gasteiger partial charge in [-0.05, 0) is 49.4 Å². The van der Waals surface area contributed by atoms with E-state index in [1.807, 2.05) is 0 Å². The Morgan fingerprint density at radius 2 is 1.91 bits per heavy atom. The van der Waals surface area contributed by atoms with Gasteiger partial charge in [0, 0.05) is 12.2 Å². The number of hydrogen-bond donors (Lipinski definition) is 1. The third-order valence-corrected chi connectivity index (χ3v) is 4.77. The van der Waals surface area contributed by atoms with Crippen molar-refractivity contribution in [2.75, 3.05) is 23.4 Å². The van der Waals surface area contributed by atoms with E-state index in [9.17, 15) is 23.6 Å². The molecule has 166 valence electrons. The highest BCUT2D eigenvalue weighted by Gasteiger charge is 2.46. The van der Waals surface area contributed by atoms with Crippen molar-refractivity contribution >= 4 is 35.2 Å². The molecule has 0 radical (unpaired) electrons. The fourth-order valence-corrected chi connectivity index (χ4v) is 3.33. The fraction of sp³-hybridized carbons (Fsp3) is 0.217. The van der Waals surface area contributed by atoms with Crippen LogP contribution in [0.2, 0.25) is 0 Å². The van der Waals surface area contributed by atoms with E-state index < -0.39 is 35.7 Å². The monoisotopic (exact) mass is 439 g/mol. The summed E-state index contributed by atoms with van der Waals surface area (Å²) < 4.78 is 18.2. The molecule has 0 unspecified atom stereocenters. The molecule has 1 saturated heterocycles. The van der Waals surface area contributed by atoms with E-state index in [1.54, 1.807) is 25.1 Å². The predicted octanol–water partition coefficient (Wildman–Crippen LogP) is 3.35. The number of esters is 1. The van der Waals surface area contributed by atoms with Gasteiger partial charge in [0.15, 0.2) is 0 Å². The number of anilines is 2. The number of nitrogens with zero attached hydrogens (tertiary/aromatic N) is 2. The van der Waals surface area contributed by atoms with Crippen LogP contribution < -0.4 is 10.2 Å². The minimum atomic E-state index is -1.06. The van der Waals surface area contributed by atoms with Crippen molar-refractivity contribution in [1.29, 1.82) is 0 Å². The molecule has 1 aliphatic rings. The van der Waals surface area contributed by atoms with Crippen LogP contribution in [0.1, 0.15) is 23.7 Å². The van der Waals surface area contributed by atoms with Crippen LogP contribution in [0.15, 0.2) is 61.2 Å². The maximum Gasteiger partial charge on any atom is 0.338 e. The number of halogens is 1. The smallest absolute Gasteiger partial charge is 0.338 e. The second-order valence-corrected chi connectivity index (χ2v) is 6.94. The van der Waals surface area contributed by atoms with E-state index in [-0.39, 0.29) is 30.8 Å². The van der Waals surface area contributed by atoms with Crippen molar-refractivity contribution < 1.29 is 28.3 Å². The minimum absolute atomic E-state index is 0.0541. The second-order valence-electron chi connectivity index (χ2n) is 6.94. The molecule has 9 heteroatoms. The fourth-order valence-electron chi connectivity index (χ4n) is 3.33. The quantitative estimate of drug-likeness (QED) is 0.387. The van der Waals surface area contributed by atoms with Gasteiger partial charge in [-0.1, -0.05) is 12.1 Å². The number of benzene rings is 2. The van der Waals surface area contributed by atoms with Crippen molar-refractivity contribution in [1.82, 2.24) is 4.90 Å². The minimum Gasteiger partial charge on any atom is -0.462 e. The first-order chi connectivity index (χ1) is 15.3. The predicted molar refractivity (Wildman–Crippen MR) is 116 cm³/mol. The molecule has 1 N–H and O–H groups in total. The summed E-state index contributed by atoms with van der Waals surface area (Å²) in [6.45, 7) is 5.56. The van der Waals surface area contributed by atoms with Gasteiger partial charge >= 0.3 is 12.0 Å². The maximum atomic E-state index is 13.2. The SMILES string of the molecule is C=CCN1C(=O)N(c2ccc(F)cc2)C(=O)[C@H]1CC(=O)Nc1cccc(C(=O)OCC)c1. The Morgan fingerprint density at radius 3 is 2.56 bits per heavy atom. The van der Waals surface area contributed by atoms with Crippen molar-refractivity contribution in [2.45, 2.75) is 19.4 Å². The Labute approximate surface area is 184 Å². The van der Waals surface area contributed by atoms with Crippen molar-refractivity contribution in [3.05, 3.63) is 72.6 Å². The lowest BCUT2D eigenvalue weighted by atomic mass is 10.1. The van der Waals surface area contributed by atoms with E-state index in [0.717, 1.165) is 17.0 Å². The van der Waals surface area contributed by atoms with E-state index >= 15 is 0 Å². The molecule has 1 fully saturated rings. The molecule has 3 rings (SSSR count). The standard InChI is InChI=1S/C23H22FN3O5/c1-3-12-26-19(21(29)27(23(26)31)18-10-8-16(24)9-11-18)14-20(28)25-17-7-5-6-15(13-17)22(30)32-4-2/h3,5-11,13,19H,1,4,12,14H2,2H3,(H,25,28)/t19-/m1/s1. The summed E-state index contributed by atoms with van der Waals surface area (Å²) >= 11 is 0. The number of rotatable bonds is 8. The Hall–Kier alpha value is -4.01. The normalized spacial score (nSPS) is 15.6. The highest BCUT2D eigenvalue weighted by Crippen LogP contribution is 2.27. The van der Waals surface area contributed by atoms with Gasteiger partial charge in [0.25, 0.3) is 5.91 Å².